The van der Waals surface area contributed by atoms with Gasteiger partial charge in [0.15, 0.2) is 5.69 Å². The Morgan fingerprint density at radius 2 is 1.94 bits per heavy atom. The number of aliphatic imine (C=N–C) groups is 1. The Labute approximate surface area is 204 Å². The van der Waals surface area contributed by atoms with Gasteiger partial charge in [-0.15, -0.1) is 0 Å². The summed E-state index contributed by atoms with van der Waals surface area (Å²) in [6.45, 7) is 6.08. The van der Waals surface area contributed by atoms with Gasteiger partial charge in [-0.3, -0.25) is 19.9 Å². The highest BCUT2D eigenvalue weighted by atomic mass is 16.2. The fourth-order valence-corrected chi connectivity index (χ4v) is 3.29. The summed E-state index contributed by atoms with van der Waals surface area (Å²) in [6.07, 6.45) is 4.89. The number of carbonyl (C=O) groups is 2. The van der Waals surface area contributed by atoms with E-state index in [1.807, 2.05) is 56.3 Å². The van der Waals surface area contributed by atoms with Crippen LogP contribution in [0, 0.1) is 0 Å². The third-order valence-corrected chi connectivity index (χ3v) is 5.05. The van der Waals surface area contributed by atoms with Crippen LogP contribution >= 0.6 is 0 Å². The van der Waals surface area contributed by atoms with Gasteiger partial charge in [-0.25, -0.2) is 4.79 Å². The zero-order valence-electron chi connectivity index (χ0n) is 20.6. The summed E-state index contributed by atoms with van der Waals surface area (Å²) in [6, 6.07) is 9.07. The third-order valence-electron chi connectivity index (χ3n) is 5.05. The standard InChI is InChI=1S/C25H30N8O2/c1-16(11-20(13-26-2)29-25(35)33(5)6)17-7-10-22-21(12-17)23(31-30-22)24(34)28-18-8-9-19(27-14-18)15-32(3)4/h7-14H,2,15H2,1,3-6H3,(H,28,34)(H,29,35)(H,30,31)/b16-11+,20-13+. The third kappa shape index (κ3) is 6.61. The van der Waals surface area contributed by atoms with Gasteiger partial charge in [0.25, 0.3) is 5.91 Å². The molecule has 182 valence electrons. The fourth-order valence-electron chi connectivity index (χ4n) is 3.29. The largest absolute Gasteiger partial charge is 0.331 e. The minimum Gasteiger partial charge on any atom is -0.331 e. The van der Waals surface area contributed by atoms with Gasteiger partial charge < -0.3 is 20.4 Å². The number of aromatic nitrogens is 3. The summed E-state index contributed by atoms with van der Waals surface area (Å²) >= 11 is 0. The zero-order chi connectivity index (χ0) is 25.5. The van der Waals surface area contributed by atoms with Crippen LogP contribution in [-0.4, -0.2) is 71.8 Å². The summed E-state index contributed by atoms with van der Waals surface area (Å²) in [5, 5.41) is 13.4. The smallest absolute Gasteiger partial charge is 0.321 e. The Balaban J connectivity index is 1.84. The molecule has 1 aromatic carbocycles. The number of aromatic amines is 1. The number of hydrogen-bond acceptors (Lipinski definition) is 6. The highest BCUT2D eigenvalue weighted by Gasteiger charge is 2.16. The lowest BCUT2D eigenvalue weighted by molar-refractivity contribution is 0.102. The van der Waals surface area contributed by atoms with Gasteiger partial charge in [-0.2, -0.15) is 5.10 Å². The molecule has 0 saturated heterocycles. The molecule has 3 aromatic rings. The molecule has 3 N–H and O–H groups in total. The molecule has 0 spiro atoms. The summed E-state index contributed by atoms with van der Waals surface area (Å²) in [5.74, 6) is -0.341. The van der Waals surface area contributed by atoms with Crippen molar-refractivity contribution in [2.45, 2.75) is 13.5 Å². The van der Waals surface area contributed by atoms with Crippen LogP contribution in [0.5, 0.6) is 0 Å². The molecular weight excluding hydrogens is 444 g/mol. The number of urea groups is 1. The number of rotatable bonds is 8. The van der Waals surface area contributed by atoms with E-state index in [-0.39, 0.29) is 17.6 Å². The van der Waals surface area contributed by atoms with E-state index in [4.69, 9.17) is 0 Å². The number of allylic oxidation sites excluding steroid dienone is 2. The molecule has 2 aromatic heterocycles. The minimum atomic E-state index is -0.341. The molecule has 3 amide bonds. The molecule has 10 nitrogen and oxygen atoms in total. The molecule has 0 unspecified atom stereocenters. The second-order valence-electron chi connectivity index (χ2n) is 8.48. The van der Waals surface area contributed by atoms with Crippen molar-refractivity contribution in [3.63, 3.8) is 0 Å². The maximum atomic E-state index is 13.0. The van der Waals surface area contributed by atoms with Crippen LogP contribution in [0.3, 0.4) is 0 Å². The van der Waals surface area contributed by atoms with Gasteiger partial charge in [-0.1, -0.05) is 6.07 Å². The highest BCUT2D eigenvalue weighted by molar-refractivity contribution is 6.11. The first kappa shape index (κ1) is 25.3. The van der Waals surface area contributed by atoms with Gasteiger partial charge >= 0.3 is 6.03 Å². The lowest BCUT2D eigenvalue weighted by Gasteiger charge is -2.13. The molecular formula is C25H30N8O2. The van der Waals surface area contributed by atoms with Gasteiger partial charge in [0, 0.05) is 32.2 Å². The van der Waals surface area contributed by atoms with E-state index < -0.39 is 0 Å². The number of benzene rings is 1. The molecule has 0 aliphatic rings. The minimum absolute atomic E-state index is 0.274. The topological polar surface area (TPSA) is 119 Å². The van der Waals surface area contributed by atoms with Crippen molar-refractivity contribution < 1.29 is 9.59 Å². The Kier molecular flexibility index (Phi) is 8.11. The summed E-state index contributed by atoms with van der Waals surface area (Å²) in [4.78, 5) is 36.6. The predicted molar refractivity (Wildman–Crippen MR) is 139 cm³/mol. The maximum Gasteiger partial charge on any atom is 0.321 e. The number of nitrogens with zero attached hydrogens (tertiary/aromatic N) is 5. The molecule has 0 fully saturated rings. The van der Waals surface area contributed by atoms with Crippen LogP contribution in [0.1, 0.15) is 28.7 Å². The number of nitrogens with one attached hydrogen (secondary N) is 3. The Morgan fingerprint density at radius 3 is 2.57 bits per heavy atom. The predicted octanol–water partition coefficient (Wildman–Crippen LogP) is 3.49. The average molecular weight is 475 g/mol. The van der Waals surface area contributed by atoms with Crippen LogP contribution in [0.4, 0.5) is 10.5 Å². The number of H-pyrrole nitrogens is 1. The fraction of sp³-hybridized carbons (Fsp3) is 0.240. The lowest BCUT2D eigenvalue weighted by Crippen LogP contribution is -2.33. The van der Waals surface area contributed by atoms with Crippen molar-refractivity contribution in [1.29, 1.82) is 0 Å². The van der Waals surface area contributed by atoms with Crippen LogP contribution < -0.4 is 10.6 Å². The van der Waals surface area contributed by atoms with Crippen molar-refractivity contribution in [3.05, 3.63) is 71.5 Å². The number of amides is 3. The first-order valence-corrected chi connectivity index (χ1v) is 10.9. The van der Waals surface area contributed by atoms with E-state index in [9.17, 15) is 9.59 Å². The Hall–Kier alpha value is -4.31. The van der Waals surface area contributed by atoms with E-state index in [2.05, 4.69) is 37.5 Å². The molecule has 0 atom stereocenters. The van der Waals surface area contributed by atoms with Crippen LogP contribution in [0.15, 0.2) is 59.5 Å². The van der Waals surface area contributed by atoms with Crippen molar-refractivity contribution in [2.75, 3.05) is 33.5 Å². The number of fused-ring (bicyclic) bond motifs is 1. The SMILES string of the molecule is C=N/C=C(\C=C(/C)c1ccc2[nH]nc(C(=O)Nc3ccc(CN(C)C)nc3)c2c1)NC(=O)N(C)C. The summed E-state index contributed by atoms with van der Waals surface area (Å²) in [5.41, 5.74) is 4.71. The number of hydrogen-bond donors (Lipinski definition) is 3. The first-order chi connectivity index (χ1) is 16.7. The molecule has 0 bridgehead atoms. The Morgan fingerprint density at radius 1 is 1.17 bits per heavy atom. The van der Waals surface area contributed by atoms with Crippen molar-refractivity contribution in [1.82, 2.24) is 30.3 Å². The lowest BCUT2D eigenvalue weighted by atomic mass is 10.0. The molecule has 2 heterocycles. The van der Waals surface area contributed by atoms with Gasteiger partial charge in [-0.05, 0) is 69.2 Å². The van der Waals surface area contributed by atoms with E-state index in [0.717, 1.165) is 22.3 Å². The maximum absolute atomic E-state index is 13.0. The highest BCUT2D eigenvalue weighted by Crippen LogP contribution is 2.24. The van der Waals surface area contributed by atoms with Gasteiger partial charge in [0.1, 0.15) is 0 Å². The molecule has 0 saturated carbocycles. The monoisotopic (exact) mass is 474 g/mol. The number of anilines is 1. The second-order valence-corrected chi connectivity index (χ2v) is 8.48. The summed E-state index contributed by atoms with van der Waals surface area (Å²) < 4.78 is 0. The average Bonchev–Trinajstić information content (AvgIpc) is 3.23. The van der Waals surface area contributed by atoms with Crippen LogP contribution in [0.2, 0.25) is 0 Å². The van der Waals surface area contributed by atoms with E-state index >= 15 is 0 Å². The van der Waals surface area contributed by atoms with Crippen molar-refractivity contribution >= 4 is 40.8 Å². The van der Waals surface area contributed by atoms with E-state index in [1.165, 1.54) is 11.1 Å². The van der Waals surface area contributed by atoms with Crippen LogP contribution in [-0.2, 0) is 6.54 Å². The molecule has 35 heavy (non-hydrogen) atoms. The molecule has 0 aliphatic carbocycles. The van der Waals surface area contributed by atoms with Gasteiger partial charge in [0.05, 0.1) is 28.8 Å². The molecule has 3 rings (SSSR count). The number of pyridine rings is 1. The normalized spacial score (nSPS) is 12.1. The second kappa shape index (κ2) is 11.2. The van der Waals surface area contributed by atoms with E-state index in [0.29, 0.717) is 23.3 Å². The molecule has 0 radical (unpaired) electrons. The van der Waals surface area contributed by atoms with Crippen LogP contribution in [0.25, 0.3) is 16.5 Å². The summed E-state index contributed by atoms with van der Waals surface area (Å²) in [7, 11) is 7.24. The molecule has 10 heteroatoms. The molecule has 0 aliphatic heterocycles. The first-order valence-electron chi connectivity index (χ1n) is 10.9. The van der Waals surface area contributed by atoms with Crippen molar-refractivity contribution in [3.8, 4) is 0 Å². The Bertz CT molecular complexity index is 1290. The van der Waals surface area contributed by atoms with E-state index in [1.54, 1.807) is 26.4 Å². The zero-order valence-corrected chi connectivity index (χ0v) is 20.6. The quantitative estimate of drug-likeness (QED) is 0.341. The van der Waals surface area contributed by atoms with Crippen molar-refractivity contribution in [2.24, 2.45) is 4.99 Å². The number of carbonyl (C=O) groups excluding carboxylic acids is 2. The van der Waals surface area contributed by atoms with Gasteiger partial charge in [0.2, 0.25) is 0 Å².